The van der Waals surface area contributed by atoms with E-state index >= 15 is 0 Å². The van der Waals surface area contributed by atoms with Gasteiger partial charge >= 0.3 is 6.03 Å². The van der Waals surface area contributed by atoms with Crippen LogP contribution in [0.1, 0.15) is 29.6 Å². The van der Waals surface area contributed by atoms with Crippen LogP contribution in [0.2, 0.25) is 0 Å². The molecule has 24 heavy (non-hydrogen) atoms. The minimum Gasteiger partial charge on any atom is -0.379 e. The van der Waals surface area contributed by atoms with E-state index in [-0.39, 0.29) is 17.3 Å². The first-order valence-electron chi connectivity index (χ1n) is 8.27. The maximum atomic E-state index is 14.0. The molecule has 3 rings (SSSR count). The van der Waals surface area contributed by atoms with Crippen LogP contribution >= 0.6 is 0 Å². The first-order chi connectivity index (χ1) is 11.5. The minimum atomic E-state index is -0.709. The molecule has 1 unspecified atom stereocenters. The molecule has 1 aliphatic carbocycles. The number of nitrogens with zero attached hydrogens (tertiary/aromatic N) is 1. The predicted molar refractivity (Wildman–Crippen MR) is 87.2 cm³/mol. The first kappa shape index (κ1) is 16.7. The molecule has 0 aromatic heterocycles. The summed E-state index contributed by atoms with van der Waals surface area (Å²) in [5.74, 6) is -0.430. The summed E-state index contributed by atoms with van der Waals surface area (Å²) in [7, 11) is 0. The number of nitrogens with two attached hydrogens (primary N) is 1. The van der Waals surface area contributed by atoms with Crippen LogP contribution in [0.15, 0.2) is 18.2 Å². The molecular weight excluding hydrogens is 313 g/mol. The maximum absolute atomic E-state index is 14.0. The summed E-state index contributed by atoms with van der Waals surface area (Å²) in [6.45, 7) is 2.27. The van der Waals surface area contributed by atoms with Crippen LogP contribution in [0.5, 0.6) is 0 Å². The molecule has 1 aromatic rings. The number of primary amides is 1. The zero-order valence-electron chi connectivity index (χ0n) is 13.5. The number of carbonyl (C=O) groups excluding carboxylic acids is 2. The largest absolute Gasteiger partial charge is 0.379 e. The van der Waals surface area contributed by atoms with Gasteiger partial charge in [-0.3, -0.25) is 4.79 Å². The Labute approximate surface area is 140 Å². The van der Waals surface area contributed by atoms with E-state index in [4.69, 9.17) is 10.5 Å². The lowest BCUT2D eigenvalue weighted by Crippen LogP contribution is -2.41. The molecule has 130 valence electrons. The molecule has 1 saturated carbocycles. The van der Waals surface area contributed by atoms with E-state index in [2.05, 4.69) is 5.32 Å². The molecule has 0 bridgehead atoms. The standard InChI is InChI=1S/C17H22FN3O3/c18-14-8-12(16(19)22)4-5-15(14)20-17(23)21-6-7-24-10-13(9-21)11-2-1-3-11/h4-5,8,11,13H,1-3,6-7,9-10H2,(H2,19,22)(H,20,23). The second kappa shape index (κ2) is 7.17. The van der Waals surface area contributed by atoms with Gasteiger partial charge in [0.1, 0.15) is 5.82 Å². The summed E-state index contributed by atoms with van der Waals surface area (Å²) in [6, 6.07) is 3.42. The minimum absolute atomic E-state index is 0.0374. The lowest BCUT2D eigenvalue weighted by molar-refractivity contribution is 0.0776. The molecule has 0 radical (unpaired) electrons. The highest BCUT2D eigenvalue weighted by Crippen LogP contribution is 2.34. The Morgan fingerprint density at radius 3 is 2.71 bits per heavy atom. The summed E-state index contributed by atoms with van der Waals surface area (Å²) in [5, 5.41) is 2.57. The van der Waals surface area contributed by atoms with Crippen molar-refractivity contribution in [2.75, 3.05) is 31.6 Å². The maximum Gasteiger partial charge on any atom is 0.322 e. The zero-order chi connectivity index (χ0) is 17.1. The van der Waals surface area contributed by atoms with Crippen molar-refractivity contribution < 1.29 is 18.7 Å². The molecule has 7 heteroatoms. The fraction of sp³-hybridized carbons (Fsp3) is 0.529. The van der Waals surface area contributed by atoms with Gasteiger partial charge in [-0.2, -0.15) is 0 Å². The molecule has 1 saturated heterocycles. The summed E-state index contributed by atoms with van der Waals surface area (Å²) in [5.41, 5.74) is 5.22. The van der Waals surface area contributed by atoms with Gasteiger partial charge < -0.3 is 20.7 Å². The number of anilines is 1. The zero-order valence-corrected chi connectivity index (χ0v) is 13.5. The number of hydrogen-bond acceptors (Lipinski definition) is 3. The summed E-state index contributed by atoms with van der Waals surface area (Å²) in [6.07, 6.45) is 3.62. The summed E-state index contributed by atoms with van der Waals surface area (Å²) in [4.78, 5) is 25.2. The molecule has 1 aromatic carbocycles. The van der Waals surface area contributed by atoms with Gasteiger partial charge in [0.05, 0.1) is 18.9 Å². The van der Waals surface area contributed by atoms with Crippen molar-refractivity contribution in [3.05, 3.63) is 29.6 Å². The highest BCUT2D eigenvalue weighted by Gasteiger charge is 2.32. The van der Waals surface area contributed by atoms with Crippen molar-refractivity contribution >= 4 is 17.6 Å². The van der Waals surface area contributed by atoms with Crippen LogP contribution in [0, 0.1) is 17.7 Å². The van der Waals surface area contributed by atoms with E-state index < -0.39 is 11.7 Å². The normalized spacial score (nSPS) is 21.7. The highest BCUT2D eigenvalue weighted by molar-refractivity contribution is 5.94. The highest BCUT2D eigenvalue weighted by atomic mass is 19.1. The van der Waals surface area contributed by atoms with Crippen LogP contribution < -0.4 is 11.1 Å². The number of halogens is 1. The van der Waals surface area contributed by atoms with Crippen molar-refractivity contribution in [3.63, 3.8) is 0 Å². The number of rotatable bonds is 3. The molecule has 2 aliphatic rings. The Morgan fingerprint density at radius 1 is 1.29 bits per heavy atom. The van der Waals surface area contributed by atoms with Crippen molar-refractivity contribution in [3.8, 4) is 0 Å². The third-order valence-electron chi connectivity index (χ3n) is 4.89. The Balaban J connectivity index is 1.65. The monoisotopic (exact) mass is 335 g/mol. The third-order valence-corrected chi connectivity index (χ3v) is 4.89. The Morgan fingerprint density at radius 2 is 2.08 bits per heavy atom. The number of amides is 3. The van der Waals surface area contributed by atoms with Gasteiger partial charge in [0.15, 0.2) is 0 Å². The number of urea groups is 1. The van der Waals surface area contributed by atoms with Crippen LogP contribution in [-0.4, -0.2) is 43.1 Å². The lowest BCUT2D eigenvalue weighted by atomic mass is 9.76. The van der Waals surface area contributed by atoms with Crippen LogP contribution in [0.3, 0.4) is 0 Å². The molecule has 6 nitrogen and oxygen atoms in total. The van der Waals surface area contributed by atoms with E-state index in [0.717, 1.165) is 6.07 Å². The van der Waals surface area contributed by atoms with Gasteiger partial charge in [-0.05, 0) is 24.1 Å². The second-order valence-corrected chi connectivity index (χ2v) is 6.46. The number of carbonyl (C=O) groups is 2. The summed E-state index contributed by atoms with van der Waals surface area (Å²) >= 11 is 0. The fourth-order valence-electron chi connectivity index (χ4n) is 3.18. The SMILES string of the molecule is NC(=O)c1ccc(NC(=O)N2CCOCC(C3CCC3)C2)c(F)c1. The molecule has 1 aliphatic heterocycles. The van der Waals surface area contributed by atoms with Gasteiger partial charge in [0.25, 0.3) is 0 Å². The lowest BCUT2D eigenvalue weighted by Gasteiger charge is -2.34. The van der Waals surface area contributed by atoms with Gasteiger partial charge in [0.2, 0.25) is 5.91 Å². The average molecular weight is 335 g/mol. The Bertz CT molecular complexity index is 634. The third kappa shape index (κ3) is 3.67. The average Bonchev–Trinajstić information content (AvgIpc) is 2.73. The van der Waals surface area contributed by atoms with E-state index in [0.29, 0.717) is 38.1 Å². The fourth-order valence-corrected chi connectivity index (χ4v) is 3.18. The summed E-state index contributed by atoms with van der Waals surface area (Å²) < 4.78 is 19.6. The molecule has 0 spiro atoms. The van der Waals surface area contributed by atoms with E-state index in [1.807, 2.05) is 0 Å². The molecule has 3 amide bonds. The Kier molecular flexibility index (Phi) is 4.99. The molecule has 1 heterocycles. The van der Waals surface area contributed by atoms with Crippen LogP contribution in [-0.2, 0) is 4.74 Å². The first-order valence-corrected chi connectivity index (χ1v) is 8.27. The van der Waals surface area contributed by atoms with Crippen LogP contribution in [0.25, 0.3) is 0 Å². The van der Waals surface area contributed by atoms with E-state index in [1.54, 1.807) is 4.90 Å². The molecule has 3 N–H and O–H groups in total. The number of hydrogen-bond donors (Lipinski definition) is 2. The van der Waals surface area contributed by atoms with E-state index in [1.165, 1.54) is 31.4 Å². The number of benzene rings is 1. The van der Waals surface area contributed by atoms with Crippen molar-refractivity contribution in [2.24, 2.45) is 17.6 Å². The van der Waals surface area contributed by atoms with Crippen LogP contribution in [0.4, 0.5) is 14.9 Å². The van der Waals surface area contributed by atoms with Gasteiger partial charge in [-0.1, -0.05) is 19.3 Å². The smallest absolute Gasteiger partial charge is 0.322 e. The van der Waals surface area contributed by atoms with Gasteiger partial charge in [-0.15, -0.1) is 0 Å². The predicted octanol–water partition coefficient (Wildman–Crippen LogP) is 2.20. The number of ether oxygens (including phenoxy) is 1. The number of nitrogens with one attached hydrogen (secondary N) is 1. The molecule has 1 atom stereocenters. The van der Waals surface area contributed by atoms with Gasteiger partial charge in [-0.25, -0.2) is 9.18 Å². The molecule has 2 fully saturated rings. The second-order valence-electron chi connectivity index (χ2n) is 6.46. The quantitative estimate of drug-likeness (QED) is 0.888. The molecular formula is C17H22FN3O3. The van der Waals surface area contributed by atoms with Crippen molar-refractivity contribution in [1.29, 1.82) is 0 Å². The van der Waals surface area contributed by atoms with Crippen molar-refractivity contribution in [1.82, 2.24) is 4.90 Å². The van der Waals surface area contributed by atoms with E-state index in [9.17, 15) is 14.0 Å². The Hall–Kier alpha value is -2.15. The van der Waals surface area contributed by atoms with Gasteiger partial charge in [0, 0.05) is 24.6 Å². The van der Waals surface area contributed by atoms with Crippen molar-refractivity contribution in [2.45, 2.75) is 19.3 Å². The topological polar surface area (TPSA) is 84.7 Å².